The summed E-state index contributed by atoms with van der Waals surface area (Å²) in [5, 5.41) is 2.16. The largest absolute Gasteiger partial charge is 0.443 e. The Bertz CT molecular complexity index is 443. The maximum Gasteiger partial charge on any atom is 0.408 e. The average Bonchev–Trinajstić information content (AvgIpc) is 2.32. The summed E-state index contributed by atoms with van der Waals surface area (Å²) in [6, 6.07) is 5.54. The van der Waals surface area contributed by atoms with Gasteiger partial charge in [-0.2, -0.15) is 0 Å². The summed E-state index contributed by atoms with van der Waals surface area (Å²) in [5.41, 5.74) is 1.46. The van der Waals surface area contributed by atoms with E-state index in [1.54, 1.807) is 24.3 Å². The summed E-state index contributed by atoms with van der Waals surface area (Å²) in [4.78, 5) is 11.0. The second-order valence-electron chi connectivity index (χ2n) is 4.74. The molecular weight excluding hydrogens is 240 g/mol. The van der Waals surface area contributed by atoms with E-state index in [9.17, 15) is 13.6 Å². The van der Waals surface area contributed by atoms with Crippen LogP contribution < -0.4 is 5.32 Å². The van der Waals surface area contributed by atoms with Crippen LogP contribution in [0.3, 0.4) is 0 Å². The average molecular weight is 255 g/mol. The highest BCUT2D eigenvalue weighted by atomic mass is 19.3. The molecule has 2 rings (SSSR count). The van der Waals surface area contributed by atoms with E-state index >= 15 is 0 Å². The SMILES string of the molecule is CC(C)c1ccc([C@@H]2NC(=O)OCC2(F)F)cc1. The van der Waals surface area contributed by atoms with E-state index in [0.29, 0.717) is 11.5 Å². The first kappa shape index (κ1) is 12.8. The number of cyclic esters (lactones) is 1. The number of carbonyl (C=O) groups excluding carboxylic acids is 1. The van der Waals surface area contributed by atoms with Gasteiger partial charge in [-0.05, 0) is 17.0 Å². The Morgan fingerprint density at radius 1 is 1.33 bits per heavy atom. The number of carbonyl (C=O) groups is 1. The highest BCUT2D eigenvalue weighted by Crippen LogP contribution is 2.34. The van der Waals surface area contributed by atoms with Crippen LogP contribution in [0.1, 0.15) is 36.9 Å². The molecule has 1 aromatic carbocycles. The Kier molecular flexibility index (Phi) is 3.24. The molecule has 1 N–H and O–H groups in total. The van der Waals surface area contributed by atoms with E-state index in [1.165, 1.54) is 0 Å². The van der Waals surface area contributed by atoms with Crippen molar-refractivity contribution >= 4 is 6.09 Å². The van der Waals surface area contributed by atoms with Crippen molar-refractivity contribution in [2.45, 2.75) is 31.7 Å². The number of hydrogen-bond donors (Lipinski definition) is 1. The third kappa shape index (κ3) is 2.44. The van der Waals surface area contributed by atoms with Crippen LogP contribution in [-0.2, 0) is 4.74 Å². The van der Waals surface area contributed by atoms with Crippen LogP contribution in [0, 0.1) is 0 Å². The van der Waals surface area contributed by atoms with Gasteiger partial charge in [0.1, 0.15) is 6.04 Å². The lowest BCUT2D eigenvalue weighted by Gasteiger charge is -2.31. The summed E-state index contributed by atoms with van der Waals surface area (Å²) in [6.07, 6.45) is -0.807. The highest BCUT2D eigenvalue weighted by Gasteiger charge is 2.46. The van der Waals surface area contributed by atoms with Crippen LogP contribution in [-0.4, -0.2) is 18.6 Å². The molecule has 0 bridgehead atoms. The lowest BCUT2D eigenvalue weighted by molar-refractivity contribution is -0.104. The molecule has 0 unspecified atom stereocenters. The zero-order chi connectivity index (χ0) is 13.3. The maximum absolute atomic E-state index is 13.6. The lowest BCUT2D eigenvalue weighted by Crippen LogP contribution is -2.49. The van der Waals surface area contributed by atoms with Crippen LogP contribution >= 0.6 is 0 Å². The zero-order valence-electron chi connectivity index (χ0n) is 10.2. The minimum Gasteiger partial charge on any atom is -0.443 e. The van der Waals surface area contributed by atoms with Crippen LogP contribution in [0.15, 0.2) is 24.3 Å². The van der Waals surface area contributed by atoms with Crippen molar-refractivity contribution in [3.05, 3.63) is 35.4 Å². The molecule has 0 saturated carbocycles. The molecule has 1 aliphatic heterocycles. The monoisotopic (exact) mass is 255 g/mol. The third-order valence-electron chi connectivity index (χ3n) is 3.02. The molecule has 0 aliphatic carbocycles. The van der Waals surface area contributed by atoms with Crippen molar-refractivity contribution in [3.63, 3.8) is 0 Å². The van der Waals surface area contributed by atoms with Crippen molar-refractivity contribution < 1.29 is 18.3 Å². The maximum atomic E-state index is 13.6. The third-order valence-corrected chi connectivity index (χ3v) is 3.02. The van der Waals surface area contributed by atoms with E-state index in [-0.39, 0.29) is 0 Å². The summed E-state index contributed by atoms with van der Waals surface area (Å²) < 4.78 is 31.6. The molecule has 0 spiro atoms. The molecule has 3 nitrogen and oxygen atoms in total. The number of alkyl halides is 2. The van der Waals surface area contributed by atoms with Crippen LogP contribution in [0.5, 0.6) is 0 Å². The number of benzene rings is 1. The van der Waals surface area contributed by atoms with Crippen molar-refractivity contribution in [2.24, 2.45) is 0 Å². The molecule has 0 aromatic heterocycles. The Hall–Kier alpha value is -1.65. The topological polar surface area (TPSA) is 38.3 Å². The number of amides is 1. The summed E-state index contributed by atoms with van der Waals surface area (Å²) >= 11 is 0. The van der Waals surface area contributed by atoms with Crippen molar-refractivity contribution in [1.29, 1.82) is 0 Å². The predicted molar refractivity (Wildman–Crippen MR) is 62.7 cm³/mol. The second kappa shape index (κ2) is 4.55. The van der Waals surface area contributed by atoms with E-state index in [0.717, 1.165) is 5.56 Å². The fraction of sp³-hybridized carbons (Fsp3) is 0.462. The molecule has 1 aliphatic rings. The first-order chi connectivity index (χ1) is 8.40. The number of rotatable bonds is 2. The molecule has 1 atom stereocenters. The molecule has 0 radical (unpaired) electrons. The summed E-state index contributed by atoms with van der Waals surface area (Å²) in [5.74, 6) is -2.75. The quantitative estimate of drug-likeness (QED) is 0.881. The Morgan fingerprint density at radius 3 is 2.50 bits per heavy atom. The molecule has 1 amide bonds. The Labute approximate surface area is 104 Å². The van der Waals surface area contributed by atoms with Crippen LogP contribution in [0.2, 0.25) is 0 Å². The van der Waals surface area contributed by atoms with E-state index in [2.05, 4.69) is 10.1 Å². The van der Waals surface area contributed by atoms with Crippen LogP contribution in [0.4, 0.5) is 13.6 Å². The second-order valence-corrected chi connectivity index (χ2v) is 4.74. The van der Waals surface area contributed by atoms with E-state index in [4.69, 9.17) is 0 Å². The highest BCUT2D eigenvalue weighted by molar-refractivity contribution is 5.69. The molecule has 1 aromatic rings. The van der Waals surface area contributed by atoms with Gasteiger partial charge in [0.25, 0.3) is 0 Å². The van der Waals surface area contributed by atoms with Crippen molar-refractivity contribution in [3.8, 4) is 0 Å². The fourth-order valence-electron chi connectivity index (χ4n) is 1.91. The molecule has 1 heterocycles. The van der Waals surface area contributed by atoms with Crippen molar-refractivity contribution in [1.82, 2.24) is 5.32 Å². The summed E-state index contributed by atoms with van der Waals surface area (Å²) in [6.45, 7) is 3.18. The summed E-state index contributed by atoms with van der Waals surface area (Å²) in [7, 11) is 0. The van der Waals surface area contributed by atoms with Gasteiger partial charge < -0.3 is 10.1 Å². The number of alkyl carbamates (subject to hydrolysis) is 1. The minimum atomic E-state index is -3.09. The van der Waals surface area contributed by atoms with E-state index < -0.39 is 24.7 Å². The van der Waals surface area contributed by atoms with Gasteiger partial charge in [0.15, 0.2) is 6.61 Å². The number of ether oxygens (including phenoxy) is 1. The Balaban J connectivity index is 2.26. The first-order valence-electron chi connectivity index (χ1n) is 5.81. The van der Waals surface area contributed by atoms with Gasteiger partial charge in [0, 0.05) is 0 Å². The normalized spacial score (nSPS) is 22.5. The van der Waals surface area contributed by atoms with Gasteiger partial charge in [0.2, 0.25) is 0 Å². The number of hydrogen-bond acceptors (Lipinski definition) is 2. The Morgan fingerprint density at radius 2 is 1.94 bits per heavy atom. The fourth-order valence-corrected chi connectivity index (χ4v) is 1.91. The molecule has 1 saturated heterocycles. The minimum absolute atomic E-state index is 0.337. The first-order valence-corrected chi connectivity index (χ1v) is 5.81. The molecule has 98 valence electrons. The standard InChI is InChI=1S/C13H15F2NO2/c1-8(2)9-3-5-10(6-4-9)11-13(14,15)7-18-12(17)16-11/h3-6,8,11H,7H2,1-2H3,(H,16,17)/t11-/m0/s1. The molecule has 1 fully saturated rings. The number of nitrogens with one attached hydrogen (secondary N) is 1. The molecule has 5 heteroatoms. The van der Waals surface area contributed by atoms with Crippen molar-refractivity contribution in [2.75, 3.05) is 6.61 Å². The van der Waals surface area contributed by atoms with Gasteiger partial charge in [-0.1, -0.05) is 38.1 Å². The zero-order valence-corrected chi connectivity index (χ0v) is 10.2. The van der Waals surface area contributed by atoms with Gasteiger partial charge in [-0.25, -0.2) is 13.6 Å². The van der Waals surface area contributed by atoms with Gasteiger partial charge >= 0.3 is 12.0 Å². The van der Waals surface area contributed by atoms with E-state index in [1.807, 2.05) is 13.8 Å². The van der Waals surface area contributed by atoms with Gasteiger partial charge in [-0.3, -0.25) is 0 Å². The predicted octanol–water partition coefficient (Wildman–Crippen LogP) is 3.23. The van der Waals surface area contributed by atoms with Gasteiger partial charge in [0.05, 0.1) is 0 Å². The lowest BCUT2D eigenvalue weighted by atomic mass is 9.96. The van der Waals surface area contributed by atoms with Gasteiger partial charge in [-0.15, -0.1) is 0 Å². The molecular formula is C13H15F2NO2. The van der Waals surface area contributed by atoms with Crippen LogP contribution in [0.25, 0.3) is 0 Å². The number of halogens is 2. The molecule has 18 heavy (non-hydrogen) atoms. The smallest absolute Gasteiger partial charge is 0.408 e.